The highest BCUT2D eigenvalue weighted by Crippen LogP contribution is 2.27. The molecular weight excluding hydrogens is 554 g/mol. The number of nitrogens with zero attached hydrogens (tertiary/aromatic N) is 2. The number of fused-ring (bicyclic) bond motifs is 1. The summed E-state index contributed by atoms with van der Waals surface area (Å²) in [6.07, 6.45) is 2.11. The minimum absolute atomic E-state index is 0.134. The molecule has 1 unspecified atom stereocenters. The molecule has 2 saturated heterocycles. The summed E-state index contributed by atoms with van der Waals surface area (Å²) in [6.45, 7) is 14.9. The molecule has 42 heavy (non-hydrogen) atoms. The first-order valence-electron chi connectivity index (χ1n) is 15.1. The fourth-order valence-electron chi connectivity index (χ4n) is 5.28. The number of rotatable bonds is 13. The summed E-state index contributed by atoms with van der Waals surface area (Å²) in [6, 6.07) is 5.16. The van der Waals surface area contributed by atoms with Gasteiger partial charge in [0.25, 0.3) is 0 Å². The minimum atomic E-state index is -0.781. The van der Waals surface area contributed by atoms with Crippen molar-refractivity contribution in [1.82, 2.24) is 25.8 Å². The molecule has 2 aliphatic heterocycles. The van der Waals surface area contributed by atoms with Gasteiger partial charge in [0.1, 0.15) is 6.04 Å². The molecule has 3 heterocycles. The van der Waals surface area contributed by atoms with Gasteiger partial charge >= 0.3 is 0 Å². The fourth-order valence-corrected chi connectivity index (χ4v) is 6.34. The van der Waals surface area contributed by atoms with Crippen molar-refractivity contribution < 1.29 is 23.9 Å². The number of carbonyl (C=O) groups is 3. The third-order valence-electron chi connectivity index (χ3n) is 7.96. The third kappa shape index (κ3) is 9.07. The molecule has 3 amide bonds. The van der Waals surface area contributed by atoms with E-state index in [1.807, 2.05) is 6.07 Å². The zero-order valence-corrected chi connectivity index (χ0v) is 25.9. The SMILES string of the molecule is C=C(CN1CCOCC1)C(=O)NCC(NC(=O)[C@H](Cc1nc2ccc(C(C)C)cc2s1)NC(=O)CC)C1CCOCC1. The summed E-state index contributed by atoms with van der Waals surface area (Å²) in [5.74, 6) is -0.166. The highest BCUT2D eigenvalue weighted by molar-refractivity contribution is 7.18. The molecule has 10 nitrogen and oxygen atoms in total. The standard InChI is InChI=1S/C31H45N5O5S/c1-5-28(37)33-25(17-29-34-24-7-6-23(20(2)3)16-27(24)42-29)31(39)35-26(22-8-12-40-13-9-22)18-32-30(38)21(4)19-36-10-14-41-15-11-36/h6-7,16,20,22,25-26H,4-5,8-15,17-19H2,1-3H3,(H,32,38)(H,33,37)(H,35,39)/t25-,26?/m0/s1. The first kappa shape index (κ1) is 32.1. The molecular formula is C31H45N5O5S. The van der Waals surface area contributed by atoms with Crippen molar-refractivity contribution in [3.63, 3.8) is 0 Å². The van der Waals surface area contributed by atoms with E-state index in [4.69, 9.17) is 14.5 Å². The molecule has 0 spiro atoms. The molecule has 2 atom stereocenters. The monoisotopic (exact) mass is 599 g/mol. The lowest BCUT2D eigenvalue weighted by atomic mass is 9.91. The Morgan fingerprint density at radius 2 is 1.81 bits per heavy atom. The Morgan fingerprint density at radius 1 is 1.10 bits per heavy atom. The molecule has 1 aromatic heterocycles. The van der Waals surface area contributed by atoms with Crippen LogP contribution in [0.2, 0.25) is 0 Å². The number of hydrogen-bond acceptors (Lipinski definition) is 8. The van der Waals surface area contributed by atoms with Crippen molar-refractivity contribution in [2.45, 2.75) is 64.5 Å². The Labute approximate surface area is 252 Å². The Kier molecular flexibility index (Phi) is 11.9. The topological polar surface area (TPSA) is 122 Å². The molecule has 0 aliphatic carbocycles. The lowest BCUT2D eigenvalue weighted by Gasteiger charge is -2.32. The van der Waals surface area contributed by atoms with Crippen LogP contribution in [0, 0.1) is 5.92 Å². The highest BCUT2D eigenvalue weighted by atomic mass is 32.1. The van der Waals surface area contributed by atoms with Crippen LogP contribution in [0.3, 0.4) is 0 Å². The second-order valence-corrected chi connectivity index (χ2v) is 12.5. The third-order valence-corrected chi connectivity index (χ3v) is 9.00. The van der Waals surface area contributed by atoms with Crippen LogP contribution in [0.15, 0.2) is 30.4 Å². The van der Waals surface area contributed by atoms with Gasteiger partial charge in [-0.15, -0.1) is 11.3 Å². The summed E-state index contributed by atoms with van der Waals surface area (Å²) in [5.41, 5.74) is 2.61. The number of hydrogen-bond donors (Lipinski definition) is 3. The van der Waals surface area contributed by atoms with Crippen molar-refractivity contribution in [3.8, 4) is 0 Å². The van der Waals surface area contributed by atoms with E-state index in [2.05, 4.69) is 53.4 Å². The predicted molar refractivity (Wildman–Crippen MR) is 165 cm³/mol. The second kappa shape index (κ2) is 15.6. The number of morpholine rings is 1. The van der Waals surface area contributed by atoms with Gasteiger partial charge in [-0.2, -0.15) is 0 Å². The number of aromatic nitrogens is 1. The van der Waals surface area contributed by atoms with Gasteiger partial charge in [0.15, 0.2) is 0 Å². The maximum atomic E-state index is 13.7. The molecule has 230 valence electrons. The van der Waals surface area contributed by atoms with E-state index in [0.29, 0.717) is 44.5 Å². The Balaban J connectivity index is 1.44. The van der Waals surface area contributed by atoms with E-state index >= 15 is 0 Å². The quantitative estimate of drug-likeness (QED) is 0.303. The molecule has 4 rings (SSSR count). The first-order valence-corrected chi connectivity index (χ1v) is 15.9. The molecule has 1 aromatic carbocycles. The van der Waals surface area contributed by atoms with E-state index in [0.717, 1.165) is 41.2 Å². The maximum Gasteiger partial charge on any atom is 0.247 e. The molecule has 2 aliphatic rings. The Morgan fingerprint density at radius 3 is 2.50 bits per heavy atom. The average Bonchev–Trinajstić information content (AvgIpc) is 3.41. The minimum Gasteiger partial charge on any atom is -0.381 e. The van der Waals surface area contributed by atoms with Crippen LogP contribution < -0.4 is 16.0 Å². The lowest BCUT2D eigenvalue weighted by Crippen LogP contribution is -2.55. The van der Waals surface area contributed by atoms with Crippen molar-refractivity contribution >= 4 is 39.3 Å². The van der Waals surface area contributed by atoms with E-state index < -0.39 is 6.04 Å². The van der Waals surface area contributed by atoms with Gasteiger partial charge in [-0.25, -0.2) is 4.98 Å². The maximum absolute atomic E-state index is 13.7. The van der Waals surface area contributed by atoms with E-state index in [9.17, 15) is 14.4 Å². The van der Waals surface area contributed by atoms with Gasteiger partial charge in [0.2, 0.25) is 17.7 Å². The first-order chi connectivity index (χ1) is 20.2. The van der Waals surface area contributed by atoms with Crippen LogP contribution in [0.25, 0.3) is 10.2 Å². The number of carbonyl (C=O) groups excluding carboxylic acids is 3. The van der Waals surface area contributed by atoms with Crippen LogP contribution in [-0.2, 0) is 30.3 Å². The van der Waals surface area contributed by atoms with E-state index in [1.54, 1.807) is 18.3 Å². The molecule has 11 heteroatoms. The Bertz CT molecular complexity index is 1240. The van der Waals surface area contributed by atoms with Crippen molar-refractivity contribution in [2.75, 3.05) is 52.6 Å². The second-order valence-electron chi connectivity index (χ2n) is 11.4. The Hall–Kier alpha value is -2.86. The summed E-state index contributed by atoms with van der Waals surface area (Å²) < 4.78 is 12.0. The summed E-state index contributed by atoms with van der Waals surface area (Å²) >= 11 is 1.55. The van der Waals surface area contributed by atoms with Gasteiger partial charge in [-0.1, -0.05) is 33.4 Å². The number of benzene rings is 1. The van der Waals surface area contributed by atoms with Crippen LogP contribution in [-0.4, -0.2) is 92.3 Å². The number of amides is 3. The largest absolute Gasteiger partial charge is 0.381 e. The van der Waals surface area contributed by atoms with Gasteiger partial charge in [0, 0.05) is 63.8 Å². The molecule has 2 aromatic rings. The highest BCUT2D eigenvalue weighted by Gasteiger charge is 2.30. The van der Waals surface area contributed by atoms with Gasteiger partial charge in [-0.05, 0) is 42.4 Å². The van der Waals surface area contributed by atoms with Gasteiger partial charge in [0.05, 0.1) is 28.4 Å². The molecule has 0 bridgehead atoms. The zero-order chi connectivity index (χ0) is 30.1. The van der Waals surface area contributed by atoms with Gasteiger partial charge in [-0.3, -0.25) is 19.3 Å². The van der Waals surface area contributed by atoms with Crippen LogP contribution >= 0.6 is 11.3 Å². The average molecular weight is 600 g/mol. The normalized spacial score (nSPS) is 18.0. The molecule has 0 saturated carbocycles. The smallest absolute Gasteiger partial charge is 0.247 e. The van der Waals surface area contributed by atoms with Crippen LogP contribution in [0.4, 0.5) is 0 Å². The predicted octanol–water partition coefficient (Wildman–Crippen LogP) is 2.77. The number of nitrogens with one attached hydrogen (secondary N) is 3. The number of ether oxygens (including phenoxy) is 2. The fraction of sp³-hybridized carbons (Fsp3) is 0.613. The summed E-state index contributed by atoms with van der Waals surface area (Å²) in [4.78, 5) is 46.0. The summed E-state index contributed by atoms with van der Waals surface area (Å²) in [7, 11) is 0. The lowest BCUT2D eigenvalue weighted by molar-refractivity contribution is -0.129. The van der Waals surface area contributed by atoms with Crippen LogP contribution in [0.1, 0.15) is 56.5 Å². The van der Waals surface area contributed by atoms with Crippen molar-refractivity contribution in [2.24, 2.45) is 5.92 Å². The molecule has 3 N–H and O–H groups in total. The molecule has 2 fully saturated rings. The van der Waals surface area contributed by atoms with Crippen molar-refractivity contribution in [1.29, 1.82) is 0 Å². The van der Waals surface area contributed by atoms with Crippen molar-refractivity contribution in [3.05, 3.63) is 40.9 Å². The van der Waals surface area contributed by atoms with E-state index in [1.165, 1.54) is 5.56 Å². The molecule has 0 radical (unpaired) electrons. The number of thiazole rings is 1. The van der Waals surface area contributed by atoms with Gasteiger partial charge < -0.3 is 25.4 Å². The zero-order valence-electron chi connectivity index (χ0n) is 25.1. The summed E-state index contributed by atoms with van der Waals surface area (Å²) in [5, 5.41) is 9.85. The van der Waals surface area contributed by atoms with E-state index in [-0.39, 0.29) is 49.1 Å². The van der Waals surface area contributed by atoms with Crippen LogP contribution in [0.5, 0.6) is 0 Å².